The first-order valence-electron chi connectivity index (χ1n) is 8.17. The fourth-order valence-corrected chi connectivity index (χ4v) is 4.54. The van der Waals surface area contributed by atoms with Gasteiger partial charge >= 0.3 is 5.97 Å². The highest BCUT2D eigenvalue weighted by molar-refractivity contribution is 5.87. The van der Waals surface area contributed by atoms with Crippen LogP contribution in [0.15, 0.2) is 12.2 Å². The summed E-state index contributed by atoms with van der Waals surface area (Å²) in [6.07, 6.45) is 9.33. The summed E-state index contributed by atoms with van der Waals surface area (Å²) in [5.41, 5.74) is 0. The zero-order valence-electron chi connectivity index (χ0n) is 12.9. The summed E-state index contributed by atoms with van der Waals surface area (Å²) in [6.45, 7) is 2.26. The van der Waals surface area contributed by atoms with E-state index in [-0.39, 0.29) is 23.7 Å². The number of fused-ring (bicyclic) bond motifs is 2. The van der Waals surface area contributed by atoms with Gasteiger partial charge in [-0.25, -0.2) is 0 Å². The van der Waals surface area contributed by atoms with Crippen molar-refractivity contribution in [2.75, 3.05) is 7.05 Å². The lowest BCUT2D eigenvalue weighted by molar-refractivity contribution is -0.151. The molecule has 2 bridgehead atoms. The summed E-state index contributed by atoms with van der Waals surface area (Å²) in [6, 6.07) is 0.297. The highest BCUT2D eigenvalue weighted by Crippen LogP contribution is 2.49. The molecule has 3 aliphatic carbocycles. The molecule has 0 heterocycles. The fraction of sp³-hybridized carbons (Fsp3) is 0.765. The number of carbonyl (C=O) groups excluding carboxylic acids is 1. The quantitative estimate of drug-likeness (QED) is 0.813. The monoisotopic (exact) mass is 291 g/mol. The highest BCUT2D eigenvalue weighted by Gasteiger charge is 2.52. The minimum Gasteiger partial charge on any atom is -0.481 e. The average Bonchev–Trinajstić information content (AvgIpc) is 3.07. The van der Waals surface area contributed by atoms with E-state index in [2.05, 4.69) is 13.0 Å². The van der Waals surface area contributed by atoms with E-state index in [1.807, 2.05) is 18.0 Å². The van der Waals surface area contributed by atoms with Crippen LogP contribution in [0.3, 0.4) is 0 Å². The van der Waals surface area contributed by atoms with E-state index >= 15 is 0 Å². The molecule has 4 unspecified atom stereocenters. The van der Waals surface area contributed by atoms with E-state index < -0.39 is 11.9 Å². The van der Waals surface area contributed by atoms with Gasteiger partial charge in [-0.05, 0) is 49.9 Å². The van der Waals surface area contributed by atoms with Crippen LogP contribution >= 0.6 is 0 Å². The van der Waals surface area contributed by atoms with Crippen molar-refractivity contribution < 1.29 is 14.7 Å². The highest BCUT2D eigenvalue weighted by atomic mass is 16.4. The Hall–Kier alpha value is -1.32. The third-order valence-electron chi connectivity index (χ3n) is 5.91. The van der Waals surface area contributed by atoms with Crippen molar-refractivity contribution in [3.63, 3.8) is 0 Å². The molecule has 0 aliphatic heterocycles. The van der Waals surface area contributed by atoms with Gasteiger partial charge < -0.3 is 10.0 Å². The average molecular weight is 291 g/mol. The molecule has 2 saturated carbocycles. The van der Waals surface area contributed by atoms with Gasteiger partial charge in [-0.2, -0.15) is 0 Å². The maximum Gasteiger partial charge on any atom is 0.307 e. The fourth-order valence-electron chi connectivity index (χ4n) is 4.54. The molecule has 0 saturated heterocycles. The van der Waals surface area contributed by atoms with Crippen molar-refractivity contribution >= 4 is 11.9 Å². The molecule has 0 aromatic carbocycles. The zero-order valence-corrected chi connectivity index (χ0v) is 12.9. The molecule has 21 heavy (non-hydrogen) atoms. The molecular weight excluding hydrogens is 266 g/mol. The summed E-state index contributed by atoms with van der Waals surface area (Å²) in [4.78, 5) is 26.3. The van der Waals surface area contributed by atoms with E-state index in [4.69, 9.17) is 0 Å². The van der Waals surface area contributed by atoms with Gasteiger partial charge in [0.2, 0.25) is 5.91 Å². The normalized spacial score (nSPS) is 41.2. The van der Waals surface area contributed by atoms with Crippen LogP contribution in [0.5, 0.6) is 0 Å². The van der Waals surface area contributed by atoms with Crippen molar-refractivity contribution in [3.05, 3.63) is 12.2 Å². The van der Waals surface area contributed by atoms with Crippen LogP contribution in [0, 0.1) is 29.6 Å². The number of hydrogen-bond donors (Lipinski definition) is 1. The van der Waals surface area contributed by atoms with E-state index in [1.165, 1.54) is 12.8 Å². The van der Waals surface area contributed by atoms with Crippen molar-refractivity contribution in [1.82, 2.24) is 4.90 Å². The van der Waals surface area contributed by atoms with Gasteiger partial charge in [0.25, 0.3) is 0 Å². The number of allylic oxidation sites excluding steroid dienone is 2. The molecule has 4 atom stereocenters. The van der Waals surface area contributed by atoms with Crippen LogP contribution in [0.4, 0.5) is 0 Å². The van der Waals surface area contributed by atoms with Gasteiger partial charge in [-0.15, -0.1) is 0 Å². The summed E-state index contributed by atoms with van der Waals surface area (Å²) < 4.78 is 0. The van der Waals surface area contributed by atoms with E-state index in [9.17, 15) is 14.7 Å². The Morgan fingerprint density at radius 2 is 1.62 bits per heavy atom. The van der Waals surface area contributed by atoms with Crippen molar-refractivity contribution in [2.45, 2.75) is 45.1 Å². The summed E-state index contributed by atoms with van der Waals surface area (Å²) in [5, 5.41) is 9.48. The number of carbonyl (C=O) groups is 2. The number of nitrogens with zero attached hydrogens (tertiary/aromatic N) is 1. The summed E-state index contributed by atoms with van der Waals surface area (Å²) >= 11 is 0. The largest absolute Gasteiger partial charge is 0.481 e. The molecule has 116 valence electrons. The van der Waals surface area contributed by atoms with Crippen LogP contribution in [0.1, 0.15) is 39.0 Å². The van der Waals surface area contributed by atoms with Crippen LogP contribution in [0.2, 0.25) is 0 Å². The maximum atomic E-state index is 12.9. The number of rotatable bonds is 3. The first kappa shape index (κ1) is 14.6. The van der Waals surface area contributed by atoms with Gasteiger partial charge in [0.1, 0.15) is 0 Å². The second-order valence-electron chi connectivity index (χ2n) is 7.20. The molecule has 1 amide bonds. The molecule has 4 nitrogen and oxygen atoms in total. The molecule has 0 radical (unpaired) electrons. The Labute approximate surface area is 126 Å². The molecular formula is C17H25NO3. The molecule has 0 aromatic rings. The molecule has 0 spiro atoms. The third-order valence-corrected chi connectivity index (χ3v) is 5.91. The molecule has 1 N–H and O–H groups in total. The Morgan fingerprint density at radius 3 is 2.19 bits per heavy atom. The number of carboxylic acids is 1. The van der Waals surface area contributed by atoms with Gasteiger partial charge in [0.15, 0.2) is 0 Å². The van der Waals surface area contributed by atoms with Gasteiger partial charge in [0, 0.05) is 13.1 Å². The van der Waals surface area contributed by atoms with Crippen LogP contribution in [0.25, 0.3) is 0 Å². The second-order valence-corrected chi connectivity index (χ2v) is 7.20. The van der Waals surface area contributed by atoms with E-state index in [0.717, 1.165) is 25.2 Å². The van der Waals surface area contributed by atoms with E-state index in [1.54, 1.807) is 0 Å². The number of carboxylic acid groups (broad SMARTS) is 1. The predicted octanol–water partition coefficient (Wildman–Crippen LogP) is 2.55. The number of aliphatic carboxylic acids is 1. The lowest BCUT2D eigenvalue weighted by Crippen LogP contribution is -2.46. The van der Waals surface area contributed by atoms with Crippen molar-refractivity contribution in [3.8, 4) is 0 Å². The molecule has 2 fully saturated rings. The zero-order chi connectivity index (χ0) is 15.1. The first-order chi connectivity index (χ1) is 9.99. The molecule has 0 aromatic heterocycles. The number of amides is 1. The Balaban J connectivity index is 1.72. The van der Waals surface area contributed by atoms with Crippen molar-refractivity contribution in [1.29, 1.82) is 0 Å². The third kappa shape index (κ3) is 2.49. The maximum absolute atomic E-state index is 12.9. The Bertz CT molecular complexity index is 465. The van der Waals surface area contributed by atoms with E-state index in [0.29, 0.717) is 6.04 Å². The SMILES string of the molecule is CC1CCC(N(C)C(=O)C2C3C=CC(C3)C2C(=O)O)CC1. The minimum absolute atomic E-state index is 0.0544. The Kier molecular flexibility index (Phi) is 3.80. The molecule has 4 heteroatoms. The van der Waals surface area contributed by atoms with Crippen LogP contribution in [-0.2, 0) is 9.59 Å². The predicted molar refractivity (Wildman–Crippen MR) is 79.5 cm³/mol. The first-order valence-corrected chi connectivity index (χ1v) is 8.17. The standard InChI is InChI=1S/C17H25NO3/c1-10-3-7-13(8-4-10)18(2)16(19)14-11-5-6-12(9-11)15(14)17(20)21/h5-6,10-15H,3-4,7-9H2,1-2H3,(H,20,21). The van der Waals surface area contributed by atoms with Gasteiger partial charge in [-0.1, -0.05) is 19.1 Å². The van der Waals surface area contributed by atoms with Crippen LogP contribution < -0.4 is 0 Å². The van der Waals surface area contributed by atoms with Gasteiger partial charge in [0.05, 0.1) is 11.8 Å². The minimum atomic E-state index is -0.809. The Morgan fingerprint density at radius 1 is 1.05 bits per heavy atom. The second kappa shape index (κ2) is 5.47. The lowest BCUT2D eigenvalue weighted by atomic mass is 9.81. The van der Waals surface area contributed by atoms with Gasteiger partial charge in [-0.3, -0.25) is 9.59 Å². The molecule has 3 aliphatic rings. The number of hydrogen-bond acceptors (Lipinski definition) is 2. The van der Waals surface area contributed by atoms with Crippen LogP contribution in [-0.4, -0.2) is 35.0 Å². The topological polar surface area (TPSA) is 57.6 Å². The summed E-state index contributed by atoms with van der Waals surface area (Å²) in [7, 11) is 1.87. The summed E-state index contributed by atoms with van der Waals surface area (Å²) in [5.74, 6) is -0.675. The van der Waals surface area contributed by atoms with Crippen molar-refractivity contribution in [2.24, 2.45) is 29.6 Å². The smallest absolute Gasteiger partial charge is 0.307 e. The molecule has 3 rings (SSSR count). The lowest BCUT2D eigenvalue weighted by Gasteiger charge is -2.37.